The Morgan fingerprint density at radius 3 is 2.06 bits per heavy atom. The van der Waals surface area contributed by atoms with E-state index in [9.17, 15) is 38.4 Å². The lowest BCUT2D eigenvalue weighted by molar-refractivity contribution is -0.135. The largest absolute Gasteiger partial charge is 0.370 e. The van der Waals surface area contributed by atoms with E-state index in [4.69, 9.17) is 11.5 Å². The Morgan fingerprint density at radius 1 is 0.754 bits per heavy atom. The lowest BCUT2D eigenvalue weighted by Crippen LogP contribution is -2.60. The third-order valence-electron chi connectivity index (χ3n) is 10.9. The van der Waals surface area contributed by atoms with Gasteiger partial charge in [-0.1, -0.05) is 54.6 Å². The number of amides is 7. The van der Waals surface area contributed by atoms with Crippen LogP contribution in [0.15, 0.2) is 82.6 Å². The lowest BCUT2D eigenvalue weighted by atomic mass is 10.0. The first-order valence-electron chi connectivity index (χ1n) is 21.6. The van der Waals surface area contributed by atoms with E-state index in [0.717, 1.165) is 10.9 Å². The molecule has 0 unspecified atom stereocenters. The standard InChI is InChI=1S/C45H58N12O8/c1-26(58)32-16-17-39(60)49-21-18-35(52-27(2)59)41(62)57-38(24-30-12-8-19-48-30)44(65)55-36(22-28-10-4-3-5-11-28)42(63)54-34(15-9-20-50-45(46)47)40(61)56-37(43(64)53-32)23-29-25-51-33-14-7-6-13-31(29)33/h3-7,10-14,19,25,32,34-38,51H,8-9,15-18,20-24H2,1-2H3,(H,49,60)(H,52,59)(H,53,64)(H,54,63)(H,55,65)(H,56,61)(H,57,62)(H4,46,47,50)/t32-,34-,35-,36+,37-,38-/m0/s1. The second kappa shape index (κ2) is 23.9. The number of guanidine groups is 1. The monoisotopic (exact) mass is 894 g/mol. The highest BCUT2D eigenvalue weighted by molar-refractivity contribution is 5.98. The minimum atomic E-state index is -1.31. The maximum Gasteiger partial charge on any atom is 0.243 e. The number of H-pyrrole nitrogens is 1. The summed E-state index contributed by atoms with van der Waals surface area (Å²) in [4.78, 5) is 121. The summed E-state index contributed by atoms with van der Waals surface area (Å²) in [6.45, 7) is 2.51. The van der Waals surface area contributed by atoms with Crippen LogP contribution in [0.5, 0.6) is 0 Å². The van der Waals surface area contributed by atoms with Gasteiger partial charge in [0.1, 0.15) is 30.2 Å². The molecule has 0 aliphatic carbocycles. The van der Waals surface area contributed by atoms with Crippen LogP contribution < -0.4 is 48.7 Å². The molecular weight excluding hydrogens is 837 g/mol. The Morgan fingerprint density at radius 2 is 1.38 bits per heavy atom. The zero-order valence-electron chi connectivity index (χ0n) is 36.5. The van der Waals surface area contributed by atoms with Gasteiger partial charge in [0.2, 0.25) is 41.4 Å². The molecule has 12 N–H and O–H groups in total. The predicted molar refractivity (Wildman–Crippen MR) is 243 cm³/mol. The van der Waals surface area contributed by atoms with Crippen molar-refractivity contribution in [3.8, 4) is 0 Å². The number of fused-ring (bicyclic) bond motifs is 1. The van der Waals surface area contributed by atoms with E-state index in [1.54, 1.807) is 48.8 Å². The van der Waals surface area contributed by atoms with E-state index in [1.165, 1.54) is 13.8 Å². The van der Waals surface area contributed by atoms with Crippen LogP contribution in [-0.2, 0) is 51.2 Å². The fraction of sp³-hybridized carbons (Fsp3) is 0.422. The molecule has 0 bridgehead atoms. The maximum absolute atomic E-state index is 14.5. The summed E-state index contributed by atoms with van der Waals surface area (Å²) in [6, 6.07) is 8.72. The molecule has 20 heteroatoms. The first-order valence-corrected chi connectivity index (χ1v) is 21.6. The molecule has 3 aromatic rings. The number of aliphatic imine (C=N–C) groups is 2. The average Bonchev–Trinajstić information content (AvgIpc) is 3.94. The van der Waals surface area contributed by atoms with E-state index in [1.807, 2.05) is 24.3 Å². The number of aromatic nitrogens is 1. The van der Waals surface area contributed by atoms with Gasteiger partial charge in [-0.05, 0) is 49.8 Å². The summed E-state index contributed by atoms with van der Waals surface area (Å²) >= 11 is 0. The van der Waals surface area contributed by atoms with Crippen LogP contribution in [0.4, 0.5) is 0 Å². The summed E-state index contributed by atoms with van der Waals surface area (Å²) in [5.74, 6) is -5.37. The first-order chi connectivity index (χ1) is 31.2. The van der Waals surface area contributed by atoms with Gasteiger partial charge in [0.15, 0.2) is 11.7 Å². The number of nitrogens with one attached hydrogen (secondary N) is 8. The quantitative estimate of drug-likeness (QED) is 0.0636. The molecule has 7 amide bonds. The van der Waals surface area contributed by atoms with Crippen LogP contribution in [0, 0.1) is 0 Å². The van der Waals surface area contributed by atoms with Gasteiger partial charge >= 0.3 is 0 Å². The van der Waals surface area contributed by atoms with Crippen molar-refractivity contribution in [2.24, 2.45) is 21.5 Å². The van der Waals surface area contributed by atoms with Crippen molar-refractivity contribution in [2.45, 2.75) is 108 Å². The van der Waals surface area contributed by atoms with Crippen LogP contribution in [-0.4, -0.2) is 114 Å². The van der Waals surface area contributed by atoms with Gasteiger partial charge < -0.3 is 53.7 Å². The van der Waals surface area contributed by atoms with Crippen molar-refractivity contribution in [2.75, 3.05) is 13.1 Å². The number of carbonyl (C=O) groups is 8. The van der Waals surface area contributed by atoms with E-state index >= 15 is 0 Å². The Bertz CT molecular complexity index is 2300. The summed E-state index contributed by atoms with van der Waals surface area (Å²) in [6.07, 6.45) is 5.34. The van der Waals surface area contributed by atoms with Gasteiger partial charge in [0.05, 0.1) is 6.04 Å². The second-order valence-corrected chi connectivity index (χ2v) is 16.0. The van der Waals surface area contributed by atoms with Gasteiger partial charge in [0.25, 0.3) is 0 Å². The summed E-state index contributed by atoms with van der Waals surface area (Å²) < 4.78 is 0. The SMILES string of the molecule is CC(=O)N[C@H]1CCNC(=O)CC[C@@H](C(C)=O)NC(=O)[C@H](Cc2c[nH]c3ccccc23)NC(=O)[C@H](CCCN=C(N)N)NC(=O)[C@@H](Cc2ccccc2)NC(=O)[C@H](CC2=CCC=N2)NC1=O. The minimum Gasteiger partial charge on any atom is -0.370 e. The van der Waals surface area contributed by atoms with Crippen LogP contribution in [0.3, 0.4) is 0 Å². The van der Waals surface area contributed by atoms with E-state index in [-0.39, 0.29) is 70.4 Å². The number of aromatic amines is 1. The average molecular weight is 895 g/mol. The zero-order valence-corrected chi connectivity index (χ0v) is 36.5. The molecule has 2 aliphatic rings. The molecule has 0 saturated carbocycles. The normalized spacial score (nSPS) is 23.0. The van der Waals surface area contributed by atoms with E-state index < -0.39 is 83.4 Å². The number of para-hydroxylation sites is 1. The van der Waals surface area contributed by atoms with Gasteiger partial charge in [-0.3, -0.25) is 48.3 Å². The molecule has 3 heterocycles. The highest BCUT2D eigenvalue weighted by Gasteiger charge is 2.34. The zero-order chi connectivity index (χ0) is 46.9. The molecule has 2 aromatic carbocycles. The molecule has 0 radical (unpaired) electrons. The molecule has 0 spiro atoms. The van der Waals surface area contributed by atoms with Crippen molar-refractivity contribution in [3.63, 3.8) is 0 Å². The number of allylic oxidation sites excluding steroid dienone is 1. The lowest BCUT2D eigenvalue weighted by Gasteiger charge is -2.28. The van der Waals surface area contributed by atoms with Crippen molar-refractivity contribution >= 4 is 70.2 Å². The van der Waals surface area contributed by atoms with Gasteiger partial charge in [-0.2, -0.15) is 0 Å². The predicted octanol–water partition coefficient (Wildman–Crippen LogP) is -0.427. The number of hydrogen-bond donors (Lipinski definition) is 10. The number of carbonyl (C=O) groups excluding carboxylic acids is 8. The van der Waals surface area contributed by atoms with Crippen molar-refractivity contribution in [1.29, 1.82) is 0 Å². The molecule has 1 fully saturated rings. The van der Waals surface area contributed by atoms with Crippen LogP contribution in [0.1, 0.15) is 69.9 Å². The minimum absolute atomic E-state index is 0.0116. The number of ketones is 1. The molecular formula is C45H58N12O8. The number of nitrogens with two attached hydrogens (primary N) is 2. The number of benzene rings is 2. The third kappa shape index (κ3) is 15.1. The molecule has 5 rings (SSSR count). The highest BCUT2D eigenvalue weighted by atomic mass is 16.2. The number of Topliss-reactive ketones (excluding diaryl/α,β-unsaturated/α-hetero) is 1. The molecule has 346 valence electrons. The molecule has 6 atom stereocenters. The van der Waals surface area contributed by atoms with Crippen LogP contribution in [0.25, 0.3) is 10.9 Å². The number of hydrogen-bond acceptors (Lipinski definition) is 10. The van der Waals surface area contributed by atoms with Crippen molar-refractivity contribution in [3.05, 3.63) is 83.7 Å². The summed E-state index contributed by atoms with van der Waals surface area (Å²) in [5, 5.41) is 19.8. The first kappa shape index (κ1) is 48.6. The van der Waals surface area contributed by atoms with Crippen LogP contribution >= 0.6 is 0 Å². The van der Waals surface area contributed by atoms with Crippen molar-refractivity contribution < 1.29 is 38.4 Å². The number of rotatable bonds is 12. The summed E-state index contributed by atoms with van der Waals surface area (Å²) in [5.41, 5.74) is 13.7. The van der Waals surface area contributed by atoms with Gasteiger partial charge in [-0.15, -0.1) is 0 Å². The van der Waals surface area contributed by atoms with E-state index in [2.05, 4.69) is 52.2 Å². The third-order valence-corrected chi connectivity index (χ3v) is 10.9. The summed E-state index contributed by atoms with van der Waals surface area (Å²) in [7, 11) is 0. The van der Waals surface area contributed by atoms with Crippen molar-refractivity contribution in [1.82, 2.24) is 42.2 Å². The Hall–Kier alpha value is -7.38. The second-order valence-electron chi connectivity index (χ2n) is 16.0. The Kier molecular flexibility index (Phi) is 17.9. The molecule has 20 nitrogen and oxygen atoms in total. The van der Waals surface area contributed by atoms with Gasteiger partial charge in [-0.25, -0.2) is 0 Å². The number of nitrogens with zero attached hydrogens (tertiary/aromatic N) is 2. The highest BCUT2D eigenvalue weighted by Crippen LogP contribution is 2.20. The topological polar surface area (TPSA) is 313 Å². The van der Waals surface area contributed by atoms with Gasteiger partial charge in [0, 0.05) is 81.1 Å². The Labute approximate surface area is 376 Å². The molecule has 1 saturated heterocycles. The fourth-order valence-corrected chi connectivity index (χ4v) is 7.50. The molecule has 2 aliphatic heterocycles. The smallest absolute Gasteiger partial charge is 0.243 e. The van der Waals surface area contributed by atoms with E-state index in [0.29, 0.717) is 23.2 Å². The molecule has 65 heavy (non-hydrogen) atoms. The van der Waals surface area contributed by atoms with Crippen LogP contribution in [0.2, 0.25) is 0 Å². The maximum atomic E-state index is 14.5. The fourth-order valence-electron chi connectivity index (χ4n) is 7.50. The molecule has 1 aromatic heterocycles. The Balaban J connectivity index is 1.54.